The summed E-state index contributed by atoms with van der Waals surface area (Å²) in [7, 11) is 0. The maximum absolute atomic E-state index is 5.85. The molecule has 2 rings (SSSR count). The Hall–Kier alpha value is -1.00. The average Bonchev–Trinajstić information content (AvgIpc) is 2.67. The number of benzene rings is 1. The summed E-state index contributed by atoms with van der Waals surface area (Å²) in [5, 5.41) is 5.47. The van der Waals surface area contributed by atoms with Gasteiger partial charge in [-0.05, 0) is 52.0 Å². The van der Waals surface area contributed by atoms with E-state index in [1.807, 2.05) is 25.1 Å². The second-order valence-corrected chi connectivity index (χ2v) is 5.42. The molecule has 0 aliphatic rings. The van der Waals surface area contributed by atoms with Gasteiger partial charge in [-0.15, -0.1) is 11.3 Å². The second-order valence-electron chi connectivity index (χ2n) is 3.57. The lowest BCUT2D eigenvalue weighted by Crippen LogP contribution is -2.01. The van der Waals surface area contributed by atoms with Crippen LogP contribution in [-0.4, -0.2) is 0 Å². The zero-order valence-electron chi connectivity index (χ0n) is 8.96. The summed E-state index contributed by atoms with van der Waals surface area (Å²) in [4.78, 5) is 1.29. The molecule has 0 aliphatic carbocycles. The first kappa shape index (κ1) is 11.5. The van der Waals surface area contributed by atoms with Crippen LogP contribution >= 0.6 is 27.3 Å². The van der Waals surface area contributed by atoms with Gasteiger partial charge in [-0.3, -0.25) is 0 Å². The number of hydrogen-bond donors (Lipinski definition) is 2. The predicted molar refractivity (Wildman–Crippen MR) is 74.9 cm³/mol. The van der Waals surface area contributed by atoms with E-state index in [0.717, 1.165) is 28.0 Å². The number of nitrogens with one attached hydrogen (secondary N) is 1. The summed E-state index contributed by atoms with van der Waals surface area (Å²) in [6.07, 6.45) is 0. The van der Waals surface area contributed by atoms with Crippen LogP contribution in [0.15, 0.2) is 34.1 Å². The highest BCUT2D eigenvalue weighted by atomic mass is 79.9. The Morgan fingerprint density at radius 2 is 2.19 bits per heavy atom. The van der Waals surface area contributed by atoms with Crippen LogP contribution in [0.4, 0.5) is 11.4 Å². The summed E-state index contributed by atoms with van der Waals surface area (Å²) in [5.41, 5.74) is 8.89. The SMILES string of the molecule is Cc1c(N)cccc1NCc1sccc1Br. The minimum Gasteiger partial charge on any atom is -0.398 e. The number of rotatable bonds is 3. The van der Waals surface area contributed by atoms with E-state index in [0.29, 0.717) is 0 Å². The molecule has 0 fully saturated rings. The van der Waals surface area contributed by atoms with Crippen molar-refractivity contribution < 1.29 is 0 Å². The van der Waals surface area contributed by atoms with Crippen molar-refractivity contribution in [2.24, 2.45) is 0 Å². The molecule has 0 radical (unpaired) electrons. The van der Waals surface area contributed by atoms with E-state index in [2.05, 4.69) is 32.7 Å². The Kier molecular flexibility index (Phi) is 3.51. The summed E-state index contributed by atoms with van der Waals surface area (Å²) >= 11 is 5.26. The number of thiophene rings is 1. The minimum absolute atomic E-state index is 0.822. The molecule has 0 atom stereocenters. The Bertz CT molecular complexity index is 494. The normalized spacial score (nSPS) is 10.4. The fourth-order valence-electron chi connectivity index (χ4n) is 1.47. The van der Waals surface area contributed by atoms with E-state index in [1.165, 1.54) is 4.88 Å². The molecule has 4 heteroatoms. The van der Waals surface area contributed by atoms with Gasteiger partial charge >= 0.3 is 0 Å². The van der Waals surface area contributed by atoms with Gasteiger partial charge in [-0.1, -0.05) is 6.07 Å². The van der Waals surface area contributed by atoms with Gasteiger partial charge in [0.2, 0.25) is 0 Å². The molecular formula is C12H13BrN2S. The van der Waals surface area contributed by atoms with Gasteiger partial charge in [0.1, 0.15) is 0 Å². The van der Waals surface area contributed by atoms with Gasteiger partial charge in [0.15, 0.2) is 0 Å². The van der Waals surface area contributed by atoms with Crippen molar-refractivity contribution >= 4 is 38.6 Å². The van der Waals surface area contributed by atoms with E-state index in [-0.39, 0.29) is 0 Å². The Labute approximate surface area is 108 Å². The average molecular weight is 297 g/mol. The van der Waals surface area contributed by atoms with E-state index in [4.69, 9.17) is 5.73 Å². The monoisotopic (exact) mass is 296 g/mol. The van der Waals surface area contributed by atoms with Crippen molar-refractivity contribution in [2.45, 2.75) is 13.5 Å². The molecule has 0 unspecified atom stereocenters. The number of halogens is 1. The van der Waals surface area contributed by atoms with Gasteiger partial charge in [0.05, 0.1) is 6.54 Å². The van der Waals surface area contributed by atoms with Crippen molar-refractivity contribution in [3.63, 3.8) is 0 Å². The molecule has 16 heavy (non-hydrogen) atoms. The quantitative estimate of drug-likeness (QED) is 0.840. The smallest absolute Gasteiger partial charge is 0.0505 e. The lowest BCUT2D eigenvalue weighted by molar-refractivity contribution is 1.17. The largest absolute Gasteiger partial charge is 0.398 e. The van der Waals surface area contributed by atoms with Crippen molar-refractivity contribution in [1.29, 1.82) is 0 Å². The van der Waals surface area contributed by atoms with Crippen LogP contribution in [0.3, 0.4) is 0 Å². The molecule has 0 bridgehead atoms. The van der Waals surface area contributed by atoms with Crippen molar-refractivity contribution in [1.82, 2.24) is 0 Å². The van der Waals surface area contributed by atoms with Gasteiger partial charge in [0.25, 0.3) is 0 Å². The van der Waals surface area contributed by atoms with Crippen LogP contribution < -0.4 is 11.1 Å². The molecule has 1 aromatic heterocycles. The van der Waals surface area contributed by atoms with Gasteiger partial charge in [0, 0.05) is 20.7 Å². The van der Waals surface area contributed by atoms with Crippen LogP contribution in [-0.2, 0) is 6.54 Å². The first-order valence-corrected chi connectivity index (χ1v) is 6.66. The summed E-state index contributed by atoms with van der Waals surface area (Å²) in [6.45, 7) is 2.85. The molecule has 3 N–H and O–H groups in total. The zero-order chi connectivity index (χ0) is 11.5. The molecule has 84 valence electrons. The fourth-order valence-corrected chi connectivity index (χ4v) is 2.90. The third-order valence-corrected chi connectivity index (χ3v) is 4.43. The van der Waals surface area contributed by atoms with Crippen LogP contribution in [0.1, 0.15) is 10.4 Å². The molecule has 0 spiro atoms. The van der Waals surface area contributed by atoms with Crippen LogP contribution in [0.5, 0.6) is 0 Å². The molecule has 0 saturated carbocycles. The van der Waals surface area contributed by atoms with Gasteiger partial charge in [-0.2, -0.15) is 0 Å². The lowest BCUT2D eigenvalue weighted by atomic mass is 10.1. The number of nitrogen functional groups attached to an aromatic ring is 1. The standard InChI is InChI=1S/C12H13BrN2S/c1-8-10(14)3-2-4-11(8)15-7-12-9(13)5-6-16-12/h2-6,15H,7,14H2,1H3. The molecule has 0 amide bonds. The Morgan fingerprint density at radius 1 is 1.38 bits per heavy atom. The Morgan fingerprint density at radius 3 is 2.88 bits per heavy atom. The topological polar surface area (TPSA) is 38.0 Å². The number of nitrogens with two attached hydrogens (primary N) is 1. The highest BCUT2D eigenvalue weighted by molar-refractivity contribution is 9.10. The maximum atomic E-state index is 5.85. The molecular weight excluding hydrogens is 284 g/mol. The zero-order valence-corrected chi connectivity index (χ0v) is 11.4. The minimum atomic E-state index is 0.822. The first-order valence-electron chi connectivity index (χ1n) is 4.99. The summed E-state index contributed by atoms with van der Waals surface area (Å²) in [6, 6.07) is 8.00. The molecule has 2 nitrogen and oxygen atoms in total. The maximum Gasteiger partial charge on any atom is 0.0505 e. The van der Waals surface area contributed by atoms with E-state index in [9.17, 15) is 0 Å². The summed E-state index contributed by atoms with van der Waals surface area (Å²) < 4.78 is 1.16. The van der Waals surface area contributed by atoms with Crippen molar-refractivity contribution in [2.75, 3.05) is 11.1 Å². The van der Waals surface area contributed by atoms with E-state index >= 15 is 0 Å². The van der Waals surface area contributed by atoms with Gasteiger partial charge in [-0.25, -0.2) is 0 Å². The third-order valence-electron chi connectivity index (χ3n) is 2.51. The van der Waals surface area contributed by atoms with Gasteiger partial charge < -0.3 is 11.1 Å². The lowest BCUT2D eigenvalue weighted by Gasteiger charge is -2.10. The van der Waals surface area contributed by atoms with Crippen molar-refractivity contribution in [3.8, 4) is 0 Å². The molecule has 1 aromatic carbocycles. The molecule has 1 heterocycles. The van der Waals surface area contributed by atoms with Crippen molar-refractivity contribution in [3.05, 3.63) is 44.6 Å². The third kappa shape index (κ3) is 2.39. The van der Waals surface area contributed by atoms with Crippen LogP contribution in [0.2, 0.25) is 0 Å². The van der Waals surface area contributed by atoms with E-state index < -0.39 is 0 Å². The number of hydrogen-bond acceptors (Lipinski definition) is 3. The Balaban J connectivity index is 2.11. The predicted octanol–water partition coefficient (Wildman–Crippen LogP) is 4.01. The molecule has 2 aromatic rings. The number of anilines is 2. The highest BCUT2D eigenvalue weighted by Gasteiger charge is 2.03. The summed E-state index contributed by atoms with van der Waals surface area (Å²) in [5.74, 6) is 0. The van der Waals surface area contributed by atoms with Crippen LogP contribution in [0.25, 0.3) is 0 Å². The molecule has 0 aliphatic heterocycles. The van der Waals surface area contributed by atoms with Crippen LogP contribution in [0, 0.1) is 6.92 Å². The highest BCUT2D eigenvalue weighted by Crippen LogP contribution is 2.25. The van der Waals surface area contributed by atoms with E-state index in [1.54, 1.807) is 11.3 Å². The fraction of sp³-hybridized carbons (Fsp3) is 0.167. The second kappa shape index (κ2) is 4.89. The molecule has 0 saturated heterocycles. The first-order chi connectivity index (χ1) is 7.68.